The molecule has 0 fully saturated rings. The summed E-state index contributed by atoms with van der Waals surface area (Å²) in [4.78, 5) is 20.8. The van der Waals surface area contributed by atoms with Crippen LogP contribution in [0.15, 0.2) is 11.2 Å². The Morgan fingerprint density at radius 1 is 1.33 bits per heavy atom. The van der Waals surface area contributed by atoms with E-state index in [1.54, 1.807) is 4.52 Å². The number of carbonyl (C=O) groups excluding carboxylic acids is 1. The van der Waals surface area contributed by atoms with Crippen LogP contribution in [0.2, 0.25) is 0 Å². The van der Waals surface area contributed by atoms with Crippen molar-refractivity contribution in [2.75, 3.05) is 0 Å². The Hall–Kier alpha value is -1.63. The van der Waals surface area contributed by atoms with E-state index in [4.69, 9.17) is 0 Å². The second kappa shape index (κ2) is 5.63. The van der Waals surface area contributed by atoms with Gasteiger partial charge in [-0.25, -0.2) is 9.50 Å². The molecule has 0 saturated heterocycles. The van der Waals surface area contributed by atoms with Crippen molar-refractivity contribution in [3.05, 3.63) is 17.5 Å². The normalized spacial score (nSPS) is 13.4. The summed E-state index contributed by atoms with van der Waals surface area (Å²) in [5.41, 5.74) is 1.64. The number of aryl methyl sites for hydroxylation is 2. The van der Waals surface area contributed by atoms with Crippen molar-refractivity contribution < 1.29 is 4.79 Å². The van der Waals surface area contributed by atoms with Crippen LogP contribution >= 0.6 is 11.8 Å². The molecule has 21 heavy (non-hydrogen) atoms. The van der Waals surface area contributed by atoms with Gasteiger partial charge in [0, 0.05) is 16.9 Å². The Labute approximate surface area is 128 Å². The number of nitrogens with zero attached hydrogens (tertiary/aromatic N) is 4. The van der Waals surface area contributed by atoms with Crippen molar-refractivity contribution >= 4 is 23.4 Å². The molecule has 0 radical (unpaired) electrons. The predicted molar refractivity (Wildman–Crippen MR) is 83.5 cm³/mol. The first-order chi connectivity index (χ1) is 9.65. The van der Waals surface area contributed by atoms with Crippen molar-refractivity contribution in [2.24, 2.45) is 0 Å². The van der Waals surface area contributed by atoms with E-state index in [1.165, 1.54) is 11.8 Å². The highest BCUT2D eigenvalue weighted by molar-refractivity contribution is 8.00. The van der Waals surface area contributed by atoms with Gasteiger partial charge in [-0.3, -0.25) is 4.79 Å². The lowest BCUT2D eigenvalue weighted by molar-refractivity contribution is -0.121. The van der Waals surface area contributed by atoms with Gasteiger partial charge < -0.3 is 5.32 Å². The molecule has 1 unspecified atom stereocenters. The van der Waals surface area contributed by atoms with Crippen molar-refractivity contribution in [3.63, 3.8) is 0 Å². The van der Waals surface area contributed by atoms with E-state index < -0.39 is 0 Å². The first-order valence-electron chi connectivity index (χ1n) is 6.85. The maximum atomic E-state index is 12.1. The minimum absolute atomic E-state index is 0.0211. The second-order valence-electron chi connectivity index (χ2n) is 6.14. The molecule has 0 saturated carbocycles. The largest absolute Gasteiger partial charge is 0.351 e. The summed E-state index contributed by atoms with van der Waals surface area (Å²) < 4.78 is 1.70. The second-order valence-corrected chi connectivity index (χ2v) is 7.45. The van der Waals surface area contributed by atoms with Crippen molar-refractivity contribution in [3.8, 4) is 0 Å². The third kappa shape index (κ3) is 3.93. The quantitative estimate of drug-likeness (QED) is 0.880. The Balaban J connectivity index is 2.16. The summed E-state index contributed by atoms with van der Waals surface area (Å²) in [5, 5.41) is 7.66. The molecule has 2 aromatic rings. The van der Waals surface area contributed by atoms with Crippen LogP contribution in [-0.4, -0.2) is 36.3 Å². The van der Waals surface area contributed by atoms with E-state index in [9.17, 15) is 4.79 Å². The van der Waals surface area contributed by atoms with E-state index in [-0.39, 0.29) is 16.7 Å². The first kappa shape index (κ1) is 15.8. The average molecular weight is 307 g/mol. The highest BCUT2D eigenvalue weighted by Crippen LogP contribution is 2.21. The molecule has 2 aromatic heterocycles. The van der Waals surface area contributed by atoms with Crippen LogP contribution < -0.4 is 5.32 Å². The number of nitrogens with one attached hydrogen (secondary N) is 1. The number of hydrogen-bond donors (Lipinski definition) is 1. The van der Waals surface area contributed by atoms with Gasteiger partial charge in [0.15, 0.2) is 0 Å². The maximum absolute atomic E-state index is 12.1. The minimum atomic E-state index is -0.261. The fourth-order valence-electron chi connectivity index (χ4n) is 1.88. The van der Waals surface area contributed by atoms with Crippen LogP contribution in [0, 0.1) is 13.8 Å². The molecule has 6 nitrogen and oxygen atoms in total. The van der Waals surface area contributed by atoms with Crippen LogP contribution in [0.4, 0.5) is 0 Å². The lowest BCUT2D eigenvalue weighted by atomic mass is 10.1. The lowest BCUT2D eigenvalue weighted by Gasteiger charge is -2.22. The number of amides is 1. The van der Waals surface area contributed by atoms with Gasteiger partial charge in [-0.1, -0.05) is 11.8 Å². The van der Waals surface area contributed by atoms with Crippen LogP contribution in [0.25, 0.3) is 5.78 Å². The Morgan fingerprint density at radius 2 is 2.00 bits per heavy atom. The average Bonchev–Trinajstić information content (AvgIpc) is 2.69. The molecular weight excluding hydrogens is 286 g/mol. The fraction of sp³-hybridized carbons (Fsp3) is 0.571. The summed E-state index contributed by atoms with van der Waals surface area (Å²) in [5.74, 6) is 0.547. The topological polar surface area (TPSA) is 72.2 Å². The predicted octanol–water partition coefficient (Wildman–Crippen LogP) is 2.14. The lowest BCUT2D eigenvalue weighted by Crippen LogP contribution is -2.44. The number of carbonyl (C=O) groups is 1. The molecule has 1 atom stereocenters. The van der Waals surface area contributed by atoms with E-state index >= 15 is 0 Å². The Bertz CT molecular complexity index is 674. The SMILES string of the molecule is Cc1cc(C)n2nc(SC(C)C(=O)NC(C)(C)C)nc2n1. The standard InChI is InChI=1S/C14H21N5OS/c1-8-7-9(2)19-12(15-8)16-13(18-19)21-10(3)11(20)17-14(4,5)6/h7,10H,1-6H3,(H,17,20). The molecule has 0 bridgehead atoms. The summed E-state index contributed by atoms with van der Waals surface area (Å²) in [6.07, 6.45) is 0. The summed E-state index contributed by atoms with van der Waals surface area (Å²) in [6, 6.07) is 1.95. The van der Waals surface area contributed by atoms with Crippen LogP contribution in [0.3, 0.4) is 0 Å². The zero-order valence-electron chi connectivity index (χ0n) is 13.3. The molecule has 2 heterocycles. The molecule has 2 rings (SSSR count). The number of thioether (sulfide) groups is 1. The molecule has 114 valence electrons. The third-order valence-corrected chi connectivity index (χ3v) is 3.70. The fourth-order valence-corrected chi connectivity index (χ4v) is 2.63. The van der Waals surface area contributed by atoms with Gasteiger partial charge in [-0.2, -0.15) is 4.98 Å². The highest BCUT2D eigenvalue weighted by atomic mass is 32.2. The molecule has 0 aliphatic rings. The Kier molecular flexibility index (Phi) is 4.22. The zero-order chi connectivity index (χ0) is 15.8. The van der Waals surface area contributed by atoms with E-state index in [0.29, 0.717) is 10.9 Å². The van der Waals surface area contributed by atoms with Crippen molar-refractivity contribution in [1.82, 2.24) is 24.9 Å². The molecule has 0 aromatic carbocycles. The summed E-state index contributed by atoms with van der Waals surface area (Å²) >= 11 is 1.34. The highest BCUT2D eigenvalue weighted by Gasteiger charge is 2.22. The minimum Gasteiger partial charge on any atom is -0.351 e. The van der Waals surface area contributed by atoms with Crippen LogP contribution in [-0.2, 0) is 4.79 Å². The first-order valence-corrected chi connectivity index (χ1v) is 7.73. The van der Waals surface area contributed by atoms with Crippen LogP contribution in [0.1, 0.15) is 39.1 Å². The number of fused-ring (bicyclic) bond motifs is 1. The summed E-state index contributed by atoms with van der Waals surface area (Å²) in [6.45, 7) is 11.6. The van der Waals surface area contributed by atoms with Crippen molar-refractivity contribution in [2.45, 2.75) is 57.5 Å². The van der Waals surface area contributed by atoms with Crippen LogP contribution in [0.5, 0.6) is 0 Å². The van der Waals surface area contributed by atoms with Gasteiger partial charge in [-0.15, -0.1) is 5.10 Å². The van der Waals surface area contributed by atoms with Gasteiger partial charge in [0.05, 0.1) is 5.25 Å². The van der Waals surface area contributed by atoms with Gasteiger partial charge in [0.2, 0.25) is 11.1 Å². The smallest absolute Gasteiger partial charge is 0.253 e. The van der Waals surface area contributed by atoms with E-state index in [2.05, 4.69) is 20.4 Å². The molecule has 1 amide bonds. The molecule has 0 spiro atoms. The molecule has 0 aliphatic heterocycles. The monoisotopic (exact) mass is 307 g/mol. The molecule has 7 heteroatoms. The molecule has 0 aliphatic carbocycles. The van der Waals surface area contributed by atoms with Gasteiger partial charge in [-0.05, 0) is 47.6 Å². The van der Waals surface area contributed by atoms with Gasteiger partial charge in [0.1, 0.15) is 0 Å². The molecule has 1 N–H and O–H groups in total. The Morgan fingerprint density at radius 3 is 2.62 bits per heavy atom. The number of hydrogen-bond acceptors (Lipinski definition) is 5. The number of aromatic nitrogens is 4. The summed E-state index contributed by atoms with van der Waals surface area (Å²) in [7, 11) is 0. The van der Waals surface area contributed by atoms with Crippen molar-refractivity contribution in [1.29, 1.82) is 0 Å². The van der Waals surface area contributed by atoms with E-state index in [0.717, 1.165) is 11.4 Å². The third-order valence-electron chi connectivity index (χ3n) is 2.75. The van der Waals surface area contributed by atoms with Gasteiger partial charge >= 0.3 is 0 Å². The number of rotatable bonds is 3. The van der Waals surface area contributed by atoms with Gasteiger partial charge in [0.25, 0.3) is 5.78 Å². The molecular formula is C14H21N5OS. The van der Waals surface area contributed by atoms with E-state index in [1.807, 2.05) is 47.6 Å². The zero-order valence-corrected chi connectivity index (χ0v) is 14.1. The maximum Gasteiger partial charge on any atom is 0.253 e.